The van der Waals surface area contributed by atoms with Crippen molar-refractivity contribution in [1.29, 1.82) is 0 Å². The fourth-order valence-electron chi connectivity index (χ4n) is 2.85. The van der Waals surface area contributed by atoms with E-state index in [4.69, 9.17) is 0 Å². The summed E-state index contributed by atoms with van der Waals surface area (Å²) in [6.45, 7) is 3.84. The number of hydrogen-bond donors (Lipinski definition) is 1. The summed E-state index contributed by atoms with van der Waals surface area (Å²) >= 11 is 0. The van der Waals surface area contributed by atoms with Gasteiger partial charge in [0.05, 0.1) is 4.90 Å². The van der Waals surface area contributed by atoms with Crippen molar-refractivity contribution in [3.8, 4) is 0 Å². The van der Waals surface area contributed by atoms with Crippen LogP contribution in [0.5, 0.6) is 0 Å². The summed E-state index contributed by atoms with van der Waals surface area (Å²) in [4.78, 5) is 2.62. The molecule has 6 heteroatoms. The van der Waals surface area contributed by atoms with Crippen LogP contribution in [0.15, 0.2) is 23.1 Å². The van der Waals surface area contributed by atoms with Gasteiger partial charge in [0, 0.05) is 31.9 Å². The molecule has 1 N–H and O–H groups in total. The van der Waals surface area contributed by atoms with Crippen LogP contribution in [-0.4, -0.2) is 57.4 Å². The maximum Gasteiger partial charge on any atom is 0.243 e. The van der Waals surface area contributed by atoms with Crippen molar-refractivity contribution >= 4 is 15.7 Å². The fraction of sp³-hybridized carbons (Fsp3) is 0.571. The molecule has 110 valence electrons. The number of fused-ring (bicyclic) bond motifs is 1. The molecule has 5 nitrogen and oxygen atoms in total. The summed E-state index contributed by atoms with van der Waals surface area (Å²) in [6, 6.07) is 5.44. The van der Waals surface area contributed by atoms with Gasteiger partial charge >= 0.3 is 0 Å². The Hall–Kier alpha value is -1.11. The topological polar surface area (TPSA) is 52.7 Å². The number of likely N-dealkylation sites (N-methyl/N-ethyl adjacent to an activating group) is 1. The molecule has 0 unspecified atom stereocenters. The van der Waals surface area contributed by atoms with E-state index in [0.717, 1.165) is 43.7 Å². The van der Waals surface area contributed by atoms with Gasteiger partial charge in [-0.2, -0.15) is 4.31 Å². The summed E-state index contributed by atoms with van der Waals surface area (Å²) in [7, 11) is -1.31. The van der Waals surface area contributed by atoms with Gasteiger partial charge in [-0.05, 0) is 50.2 Å². The second kappa shape index (κ2) is 5.35. The molecule has 1 aromatic carbocycles. The third kappa shape index (κ3) is 2.55. The Kier molecular flexibility index (Phi) is 3.70. The van der Waals surface area contributed by atoms with Crippen LogP contribution >= 0.6 is 0 Å². The number of nitrogens with zero attached hydrogens (tertiary/aromatic N) is 2. The van der Waals surface area contributed by atoms with Gasteiger partial charge in [0.25, 0.3) is 0 Å². The van der Waals surface area contributed by atoms with E-state index < -0.39 is 10.0 Å². The summed E-state index contributed by atoms with van der Waals surface area (Å²) in [5.74, 6) is 0. The minimum absolute atomic E-state index is 0.435. The third-order valence-corrected chi connectivity index (χ3v) is 6.00. The van der Waals surface area contributed by atoms with E-state index in [9.17, 15) is 8.42 Å². The van der Waals surface area contributed by atoms with Crippen molar-refractivity contribution in [1.82, 2.24) is 9.21 Å². The van der Waals surface area contributed by atoms with Gasteiger partial charge in [-0.3, -0.25) is 0 Å². The highest BCUT2D eigenvalue weighted by Gasteiger charge is 2.27. The van der Waals surface area contributed by atoms with E-state index in [-0.39, 0.29) is 0 Å². The lowest BCUT2D eigenvalue weighted by Gasteiger charge is -2.20. The first-order valence-electron chi connectivity index (χ1n) is 7.13. The highest BCUT2D eigenvalue weighted by atomic mass is 32.2. The van der Waals surface area contributed by atoms with Crippen molar-refractivity contribution in [2.75, 3.05) is 45.1 Å². The van der Waals surface area contributed by atoms with Crippen LogP contribution in [0.3, 0.4) is 0 Å². The smallest absolute Gasteiger partial charge is 0.243 e. The zero-order valence-electron chi connectivity index (χ0n) is 11.8. The highest BCUT2D eigenvalue weighted by molar-refractivity contribution is 7.89. The molecule has 0 aromatic heterocycles. The predicted octanol–water partition coefficient (Wildman–Crippen LogP) is 0.981. The van der Waals surface area contributed by atoms with E-state index in [1.54, 1.807) is 10.4 Å². The lowest BCUT2D eigenvalue weighted by Crippen LogP contribution is -2.34. The monoisotopic (exact) mass is 295 g/mol. The molecular weight excluding hydrogens is 274 g/mol. The van der Waals surface area contributed by atoms with E-state index in [1.807, 2.05) is 19.2 Å². The molecule has 1 fully saturated rings. The van der Waals surface area contributed by atoms with E-state index in [1.165, 1.54) is 0 Å². The Morgan fingerprint density at radius 2 is 2.00 bits per heavy atom. The molecule has 0 atom stereocenters. The molecule has 0 aliphatic carbocycles. The Bertz CT molecular complexity index is 600. The fourth-order valence-corrected chi connectivity index (χ4v) is 4.37. The lowest BCUT2D eigenvalue weighted by atomic mass is 10.2. The van der Waals surface area contributed by atoms with Crippen LogP contribution in [0, 0.1) is 0 Å². The quantitative estimate of drug-likeness (QED) is 0.884. The molecular formula is C14H21N3O2S. The number of sulfonamides is 1. The summed E-state index contributed by atoms with van der Waals surface area (Å²) in [5.41, 5.74) is 2.18. The number of nitrogens with one attached hydrogen (secondary N) is 1. The third-order valence-electron chi connectivity index (χ3n) is 4.10. The van der Waals surface area contributed by atoms with Crippen LogP contribution in [0.2, 0.25) is 0 Å². The molecule has 2 aliphatic rings. The molecule has 0 radical (unpaired) electrons. The zero-order valence-corrected chi connectivity index (χ0v) is 12.6. The van der Waals surface area contributed by atoms with Crippen molar-refractivity contribution in [3.05, 3.63) is 23.8 Å². The van der Waals surface area contributed by atoms with Crippen molar-refractivity contribution in [2.24, 2.45) is 0 Å². The second-order valence-electron chi connectivity index (χ2n) is 5.56. The first-order chi connectivity index (χ1) is 9.57. The second-order valence-corrected chi connectivity index (χ2v) is 7.49. The van der Waals surface area contributed by atoms with E-state index >= 15 is 0 Å². The number of rotatable bonds is 2. The maximum absolute atomic E-state index is 12.7. The first-order valence-corrected chi connectivity index (χ1v) is 8.57. The molecule has 0 bridgehead atoms. The molecule has 2 aliphatic heterocycles. The molecule has 2 heterocycles. The highest BCUT2D eigenvalue weighted by Crippen LogP contribution is 2.27. The van der Waals surface area contributed by atoms with Gasteiger partial charge in [0.1, 0.15) is 0 Å². The van der Waals surface area contributed by atoms with Gasteiger partial charge in [-0.1, -0.05) is 0 Å². The molecule has 1 saturated heterocycles. The van der Waals surface area contributed by atoms with Crippen LogP contribution in [0.25, 0.3) is 0 Å². The van der Waals surface area contributed by atoms with Crippen LogP contribution < -0.4 is 5.32 Å². The van der Waals surface area contributed by atoms with E-state index in [2.05, 4.69) is 10.2 Å². The summed E-state index contributed by atoms with van der Waals surface area (Å²) < 4.78 is 27.1. The van der Waals surface area contributed by atoms with E-state index in [0.29, 0.717) is 18.0 Å². The van der Waals surface area contributed by atoms with Crippen molar-refractivity contribution < 1.29 is 8.42 Å². The van der Waals surface area contributed by atoms with Gasteiger partial charge in [-0.15, -0.1) is 0 Å². The van der Waals surface area contributed by atoms with Crippen LogP contribution in [0.1, 0.15) is 12.0 Å². The Morgan fingerprint density at radius 3 is 2.85 bits per heavy atom. The SMILES string of the molecule is CN1CCCN(S(=O)(=O)c2ccc3c(c2)CCN3)CC1. The number of anilines is 1. The number of benzene rings is 1. The molecule has 20 heavy (non-hydrogen) atoms. The number of hydrogen-bond acceptors (Lipinski definition) is 4. The first kappa shape index (κ1) is 13.9. The largest absolute Gasteiger partial charge is 0.384 e. The minimum atomic E-state index is -3.35. The Balaban J connectivity index is 1.87. The molecule has 1 aromatic rings. The Labute approximate surface area is 120 Å². The van der Waals surface area contributed by atoms with Crippen LogP contribution in [-0.2, 0) is 16.4 Å². The average molecular weight is 295 g/mol. The zero-order chi connectivity index (χ0) is 14.2. The molecule has 0 amide bonds. The van der Waals surface area contributed by atoms with Crippen molar-refractivity contribution in [2.45, 2.75) is 17.7 Å². The van der Waals surface area contributed by atoms with Gasteiger partial charge in [-0.25, -0.2) is 8.42 Å². The van der Waals surface area contributed by atoms with Gasteiger partial charge < -0.3 is 10.2 Å². The predicted molar refractivity (Wildman–Crippen MR) is 79.5 cm³/mol. The maximum atomic E-state index is 12.7. The molecule has 0 spiro atoms. The molecule has 3 rings (SSSR count). The van der Waals surface area contributed by atoms with Crippen molar-refractivity contribution in [3.63, 3.8) is 0 Å². The Morgan fingerprint density at radius 1 is 1.15 bits per heavy atom. The normalized spacial score (nSPS) is 21.2. The lowest BCUT2D eigenvalue weighted by molar-refractivity contribution is 0.347. The van der Waals surface area contributed by atoms with Gasteiger partial charge in [0.15, 0.2) is 0 Å². The molecule has 0 saturated carbocycles. The minimum Gasteiger partial charge on any atom is -0.384 e. The summed E-state index contributed by atoms with van der Waals surface area (Å²) in [6.07, 6.45) is 1.80. The van der Waals surface area contributed by atoms with Gasteiger partial charge in [0.2, 0.25) is 10.0 Å². The summed E-state index contributed by atoms with van der Waals surface area (Å²) in [5, 5.41) is 3.26. The van der Waals surface area contributed by atoms with Crippen LogP contribution in [0.4, 0.5) is 5.69 Å². The average Bonchev–Trinajstić information content (AvgIpc) is 2.78. The standard InChI is InChI=1S/C14H21N3O2S/c1-16-7-2-8-17(10-9-16)20(18,19)13-3-4-14-12(11-13)5-6-15-14/h3-4,11,15H,2,5-10H2,1H3.